The van der Waals surface area contributed by atoms with Crippen LogP contribution in [0, 0.1) is 5.92 Å². The van der Waals surface area contributed by atoms with Crippen LogP contribution in [-0.4, -0.2) is 16.1 Å². The van der Waals surface area contributed by atoms with Crippen molar-refractivity contribution >= 4 is 11.0 Å². The summed E-state index contributed by atoms with van der Waals surface area (Å²) in [7, 11) is 0. The molecule has 2 rings (SSSR count). The number of hydrogen-bond acceptors (Lipinski definition) is 2. The number of aryl methyl sites for hydroxylation is 2. The molecule has 0 amide bonds. The molecule has 0 saturated carbocycles. The molecule has 0 radical (unpaired) electrons. The molecule has 2 aromatic rings. The molecule has 104 valence electrons. The first-order valence-electron chi connectivity index (χ1n) is 7.33. The van der Waals surface area contributed by atoms with Gasteiger partial charge in [0.25, 0.3) is 0 Å². The Morgan fingerprint density at radius 3 is 2.74 bits per heavy atom. The first-order chi connectivity index (χ1) is 9.15. The number of nitrogens with zero attached hydrogens (tertiary/aromatic N) is 2. The zero-order valence-corrected chi connectivity index (χ0v) is 12.3. The van der Waals surface area contributed by atoms with E-state index in [-0.39, 0.29) is 0 Å². The topological polar surface area (TPSA) is 43.8 Å². The standard InChI is InChI=1S/C16H25N3/c1-4-13-7-8-15-14(10-13)18-16(6-5-9-17)19(15)11-12(2)3/h7-8,10,12H,4-6,9,11,17H2,1-3H3. The Kier molecular flexibility index (Phi) is 4.59. The number of hydrogen-bond donors (Lipinski definition) is 1. The third-order valence-electron chi connectivity index (χ3n) is 3.45. The van der Waals surface area contributed by atoms with Crippen LogP contribution >= 0.6 is 0 Å². The van der Waals surface area contributed by atoms with Crippen molar-refractivity contribution in [2.75, 3.05) is 6.54 Å². The number of nitrogens with two attached hydrogens (primary N) is 1. The minimum absolute atomic E-state index is 0.625. The summed E-state index contributed by atoms with van der Waals surface area (Å²) in [5.41, 5.74) is 9.38. The molecule has 0 saturated heterocycles. The molecule has 1 aromatic carbocycles. The van der Waals surface area contributed by atoms with Gasteiger partial charge in [0.2, 0.25) is 0 Å². The molecular formula is C16H25N3. The molecule has 0 aliphatic carbocycles. The van der Waals surface area contributed by atoms with Gasteiger partial charge in [0.05, 0.1) is 11.0 Å². The van der Waals surface area contributed by atoms with Crippen molar-refractivity contribution in [1.82, 2.24) is 9.55 Å². The quantitative estimate of drug-likeness (QED) is 0.866. The Labute approximate surface area is 115 Å². The van der Waals surface area contributed by atoms with Gasteiger partial charge in [-0.15, -0.1) is 0 Å². The van der Waals surface area contributed by atoms with E-state index in [9.17, 15) is 0 Å². The van der Waals surface area contributed by atoms with E-state index < -0.39 is 0 Å². The monoisotopic (exact) mass is 259 g/mol. The van der Waals surface area contributed by atoms with Crippen LogP contribution in [0.2, 0.25) is 0 Å². The summed E-state index contributed by atoms with van der Waals surface area (Å²) in [5.74, 6) is 1.81. The van der Waals surface area contributed by atoms with Gasteiger partial charge in [0.1, 0.15) is 5.82 Å². The van der Waals surface area contributed by atoms with Gasteiger partial charge in [-0.1, -0.05) is 26.8 Å². The van der Waals surface area contributed by atoms with Crippen molar-refractivity contribution < 1.29 is 0 Å². The fraction of sp³-hybridized carbons (Fsp3) is 0.562. The largest absolute Gasteiger partial charge is 0.330 e. The zero-order valence-electron chi connectivity index (χ0n) is 12.3. The molecule has 19 heavy (non-hydrogen) atoms. The SMILES string of the molecule is CCc1ccc2c(c1)nc(CCCN)n2CC(C)C. The van der Waals surface area contributed by atoms with Crippen LogP contribution in [0.15, 0.2) is 18.2 Å². The maximum absolute atomic E-state index is 5.63. The zero-order chi connectivity index (χ0) is 13.8. The van der Waals surface area contributed by atoms with Gasteiger partial charge in [-0.3, -0.25) is 0 Å². The van der Waals surface area contributed by atoms with Crippen LogP contribution in [0.1, 0.15) is 38.6 Å². The van der Waals surface area contributed by atoms with Crippen LogP contribution in [0.25, 0.3) is 11.0 Å². The maximum Gasteiger partial charge on any atom is 0.109 e. The second kappa shape index (κ2) is 6.20. The third-order valence-corrected chi connectivity index (χ3v) is 3.45. The lowest BCUT2D eigenvalue weighted by Gasteiger charge is -2.11. The van der Waals surface area contributed by atoms with E-state index in [1.54, 1.807) is 0 Å². The van der Waals surface area contributed by atoms with Crippen molar-refractivity contribution in [3.8, 4) is 0 Å². The molecule has 3 heteroatoms. The number of benzene rings is 1. The van der Waals surface area contributed by atoms with Crippen LogP contribution < -0.4 is 5.73 Å². The summed E-state index contributed by atoms with van der Waals surface area (Å²) in [6.07, 6.45) is 3.03. The Balaban J connectivity index is 2.45. The van der Waals surface area contributed by atoms with E-state index in [0.29, 0.717) is 5.92 Å². The Hall–Kier alpha value is -1.35. The second-order valence-corrected chi connectivity index (χ2v) is 5.60. The predicted octanol–water partition coefficient (Wildman–Crippen LogP) is 3.15. The molecule has 0 fully saturated rings. The van der Waals surface area contributed by atoms with E-state index in [1.807, 2.05) is 0 Å². The van der Waals surface area contributed by atoms with Crippen molar-refractivity contribution in [2.24, 2.45) is 11.7 Å². The van der Waals surface area contributed by atoms with Crippen molar-refractivity contribution in [1.29, 1.82) is 0 Å². The fourth-order valence-electron chi connectivity index (χ4n) is 2.47. The van der Waals surface area contributed by atoms with Gasteiger partial charge < -0.3 is 10.3 Å². The lowest BCUT2D eigenvalue weighted by atomic mass is 10.1. The lowest BCUT2D eigenvalue weighted by molar-refractivity contribution is 0.514. The summed E-state index contributed by atoms with van der Waals surface area (Å²) in [5, 5.41) is 0. The molecule has 1 aromatic heterocycles. The number of imidazole rings is 1. The predicted molar refractivity (Wildman–Crippen MR) is 81.3 cm³/mol. The maximum atomic E-state index is 5.63. The summed E-state index contributed by atoms with van der Waals surface area (Å²) in [4.78, 5) is 4.82. The average Bonchev–Trinajstić information content (AvgIpc) is 2.73. The van der Waals surface area contributed by atoms with Crippen molar-refractivity contribution in [3.63, 3.8) is 0 Å². The van der Waals surface area contributed by atoms with Crippen LogP contribution in [0.5, 0.6) is 0 Å². The summed E-state index contributed by atoms with van der Waals surface area (Å²) in [6.45, 7) is 8.44. The van der Waals surface area contributed by atoms with Crippen LogP contribution in [0.4, 0.5) is 0 Å². The second-order valence-electron chi connectivity index (χ2n) is 5.60. The molecule has 0 bridgehead atoms. The van der Waals surface area contributed by atoms with E-state index in [1.165, 1.54) is 16.9 Å². The molecule has 0 unspecified atom stereocenters. The molecule has 0 aliphatic heterocycles. The average molecular weight is 259 g/mol. The molecular weight excluding hydrogens is 234 g/mol. The Morgan fingerprint density at radius 2 is 2.11 bits per heavy atom. The minimum atomic E-state index is 0.625. The summed E-state index contributed by atoms with van der Waals surface area (Å²) < 4.78 is 2.37. The third kappa shape index (κ3) is 3.16. The molecule has 0 aliphatic rings. The molecule has 2 N–H and O–H groups in total. The molecule has 0 spiro atoms. The van der Waals surface area contributed by atoms with E-state index >= 15 is 0 Å². The van der Waals surface area contributed by atoms with E-state index in [0.717, 1.165) is 37.9 Å². The normalized spacial score (nSPS) is 11.6. The van der Waals surface area contributed by atoms with Crippen molar-refractivity contribution in [2.45, 2.75) is 46.6 Å². The van der Waals surface area contributed by atoms with E-state index in [2.05, 4.69) is 43.5 Å². The molecule has 0 atom stereocenters. The highest BCUT2D eigenvalue weighted by molar-refractivity contribution is 5.77. The Bertz CT molecular complexity index is 540. The number of aromatic nitrogens is 2. The van der Waals surface area contributed by atoms with Crippen LogP contribution in [-0.2, 0) is 19.4 Å². The smallest absolute Gasteiger partial charge is 0.109 e. The van der Waals surface area contributed by atoms with Gasteiger partial charge in [-0.25, -0.2) is 4.98 Å². The number of fused-ring (bicyclic) bond motifs is 1. The van der Waals surface area contributed by atoms with Crippen molar-refractivity contribution in [3.05, 3.63) is 29.6 Å². The first kappa shape index (κ1) is 14.1. The van der Waals surface area contributed by atoms with Gasteiger partial charge in [-0.05, 0) is 43.0 Å². The van der Waals surface area contributed by atoms with Gasteiger partial charge in [-0.2, -0.15) is 0 Å². The summed E-state index contributed by atoms with van der Waals surface area (Å²) in [6, 6.07) is 6.65. The van der Waals surface area contributed by atoms with Gasteiger partial charge >= 0.3 is 0 Å². The highest BCUT2D eigenvalue weighted by Crippen LogP contribution is 2.20. The van der Waals surface area contributed by atoms with Gasteiger partial charge in [0, 0.05) is 13.0 Å². The Morgan fingerprint density at radius 1 is 1.32 bits per heavy atom. The van der Waals surface area contributed by atoms with Crippen LogP contribution in [0.3, 0.4) is 0 Å². The molecule has 1 heterocycles. The van der Waals surface area contributed by atoms with E-state index in [4.69, 9.17) is 10.7 Å². The highest BCUT2D eigenvalue weighted by Gasteiger charge is 2.11. The fourth-order valence-corrected chi connectivity index (χ4v) is 2.47. The highest BCUT2D eigenvalue weighted by atomic mass is 15.1. The summed E-state index contributed by atoms with van der Waals surface area (Å²) >= 11 is 0. The first-order valence-corrected chi connectivity index (χ1v) is 7.33. The van der Waals surface area contributed by atoms with Gasteiger partial charge in [0.15, 0.2) is 0 Å². The minimum Gasteiger partial charge on any atom is -0.330 e. The lowest BCUT2D eigenvalue weighted by Crippen LogP contribution is -2.10. The number of rotatable bonds is 6. The molecule has 3 nitrogen and oxygen atoms in total.